The number of alkyl halides is 3. The van der Waals surface area contributed by atoms with Crippen LogP contribution in [0.2, 0.25) is 0 Å². The lowest BCUT2D eigenvalue weighted by Gasteiger charge is -2.21. The molecule has 0 saturated carbocycles. The van der Waals surface area contributed by atoms with Crippen LogP contribution in [-0.2, 0) is 24.0 Å². The molecular formula is C24H21F3N2O2. The van der Waals surface area contributed by atoms with Gasteiger partial charge in [-0.2, -0.15) is 13.2 Å². The lowest BCUT2D eigenvalue weighted by molar-refractivity contribution is -0.137. The lowest BCUT2D eigenvalue weighted by atomic mass is 10.1. The van der Waals surface area contributed by atoms with Crippen molar-refractivity contribution in [3.63, 3.8) is 0 Å². The van der Waals surface area contributed by atoms with Crippen molar-refractivity contribution >= 4 is 11.6 Å². The van der Waals surface area contributed by atoms with E-state index in [0.717, 1.165) is 23.3 Å². The zero-order valence-corrected chi connectivity index (χ0v) is 16.6. The number of carbonyl (C=O) groups is 1. The van der Waals surface area contributed by atoms with Crippen LogP contribution in [0.25, 0.3) is 11.3 Å². The zero-order chi connectivity index (χ0) is 22.4. The van der Waals surface area contributed by atoms with Crippen molar-refractivity contribution in [2.75, 3.05) is 11.4 Å². The van der Waals surface area contributed by atoms with Gasteiger partial charge in [0.25, 0.3) is 0 Å². The van der Waals surface area contributed by atoms with Crippen LogP contribution in [0.1, 0.15) is 16.7 Å². The number of pyridine rings is 1. The van der Waals surface area contributed by atoms with Crippen LogP contribution >= 0.6 is 0 Å². The van der Waals surface area contributed by atoms with Crippen LogP contribution < -0.4 is 4.90 Å². The third kappa shape index (κ3) is 5.58. The Hall–Kier alpha value is -3.45. The molecular weight excluding hydrogens is 405 g/mol. The number of rotatable bonds is 7. The maximum absolute atomic E-state index is 12.7. The summed E-state index contributed by atoms with van der Waals surface area (Å²) in [4.78, 5) is 18.2. The standard InChI is InChI=1S/C24H21F3N2O2/c1-2-23(31)29(13-12-17-4-3-5-18(14-17)16-30)21-10-11-22(28-15-21)19-6-8-20(9-7-19)24(25,26)27/h2-11,14-15,30H,1,12-13,16H2. The van der Waals surface area contributed by atoms with Crippen LogP contribution in [0.3, 0.4) is 0 Å². The maximum Gasteiger partial charge on any atom is 0.416 e. The van der Waals surface area contributed by atoms with Crippen molar-refractivity contribution in [1.82, 2.24) is 4.98 Å². The Morgan fingerprint density at radius 1 is 1.06 bits per heavy atom. The molecule has 1 N–H and O–H groups in total. The van der Waals surface area contributed by atoms with Gasteiger partial charge >= 0.3 is 6.18 Å². The van der Waals surface area contributed by atoms with E-state index in [2.05, 4.69) is 11.6 Å². The molecule has 0 bridgehead atoms. The van der Waals surface area contributed by atoms with Gasteiger partial charge in [-0.3, -0.25) is 9.78 Å². The fraction of sp³-hybridized carbons (Fsp3) is 0.167. The molecule has 0 radical (unpaired) electrons. The van der Waals surface area contributed by atoms with Crippen molar-refractivity contribution in [1.29, 1.82) is 0 Å². The molecule has 0 spiro atoms. The van der Waals surface area contributed by atoms with Gasteiger partial charge in [0.05, 0.1) is 29.7 Å². The predicted molar refractivity (Wildman–Crippen MR) is 113 cm³/mol. The maximum atomic E-state index is 12.7. The minimum absolute atomic E-state index is 0.0571. The molecule has 0 unspecified atom stereocenters. The van der Waals surface area contributed by atoms with E-state index in [0.29, 0.717) is 29.9 Å². The molecule has 7 heteroatoms. The van der Waals surface area contributed by atoms with E-state index in [9.17, 15) is 23.1 Å². The first-order chi connectivity index (χ1) is 14.8. The van der Waals surface area contributed by atoms with Crippen LogP contribution in [0, 0.1) is 0 Å². The largest absolute Gasteiger partial charge is 0.416 e. The molecule has 160 valence electrons. The number of anilines is 1. The number of amides is 1. The van der Waals surface area contributed by atoms with Crippen molar-refractivity contribution in [3.8, 4) is 11.3 Å². The highest BCUT2D eigenvalue weighted by Crippen LogP contribution is 2.31. The van der Waals surface area contributed by atoms with Crippen LogP contribution in [0.15, 0.2) is 79.5 Å². The Morgan fingerprint density at radius 3 is 2.35 bits per heavy atom. The summed E-state index contributed by atoms with van der Waals surface area (Å²) >= 11 is 0. The normalized spacial score (nSPS) is 11.2. The fourth-order valence-corrected chi connectivity index (χ4v) is 3.15. The molecule has 1 heterocycles. The van der Waals surface area contributed by atoms with E-state index >= 15 is 0 Å². The van der Waals surface area contributed by atoms with Crippen molar-refractivity contribution < 1.29 is 23.1 Å². The highest BCUT2D eigenvalue weighted by Gasteiger charge is 2.30. The van der Waals surface area contributed by atoms with Crippen molar-refractivity contribution in [2.45, 2.75) is 19.2 Å². The molecule has 0 aliphatic heterocycles. The van der Waals surface area contributed by atoms with Crippen molar-refractivity contribution in [3.05, 3.63) is 96.2 Å². The second-order valence-electron chi connectivity index (χ2n) is 6.90. The number of nitrogens with zero attached hydrogens (tertiary/aromatic N) is 2. The monoisotopic (exact) mass is 426 g/mol. The summed E-state index contributed by atoms with van der Waals surface area (Å²) in [6, 6.07) is 15.6. The van der Waals surface area contributed by atoms with E-state index in [1.165, 1.54) is 29.3 Å². The minimum atomic E-state index is -4.39. The Labute approximate surface area is 178 Å². The summed E-state index contributed by atoms with van der Waals surface area (Å²) in [5.74, 6) is -0.289. The quantitative estimate of drug-likeness (QED) is 0.540. The number of carbonyl (C=O) groups excluding carboxylic acids is 1. The molecule has 3 aromatic rings. The fourth-order valence-electron chi connectivity index (χ4n) is 3.15. The molecule has 1 amide bonds. The van der Waals surface area contributed by atoms with Crippen LogP contribution in [-0.4, -0.2) is 22.5 Å². The SMILES string of the molecule is C=CC(=O)N(CCc1cccc(CO)c1)c1ccc(-c2ccc(C(F)(F)F)cc2)nc1. The first kappa shape index (κ1) is 22.2. The number of hydrogen-bond acceptors (Lipinski definition) is 3. The average molecular weight is 426 g/mol. The van der Waals surface area contributed by atoms with Gasteiger partial charge in [0.1, 0.15) is 0 Å². The summed E-state index contributed by atoms with van der Waals surface area (Å²) in [6.45, 7) is 3.86. The number of aliphatic hydroxyl groups excluding tert-OH is 1. The number of benzene rings is 2. The smallest absolute Gasteiger partial charge is 0.392 e. The molecule has 2 aromatic carbocycles. The number of halogens is 3. The Morgan fingerprint density at radius 2 is 1.77 bits per heavy atom. The number of aromatic nitrogens is 1. The van der Waals surface area contributed by atoms with Gasteiger partial charge in [0.15, 0.2) is 0 Å². The molecule has 4 nitrogen and oxygen atoms in total. The average Bonchev–Trinajstić information content (AvgIpc) is 2.79. The molecule has 0 fully saturated rings. The summed E-state index contributed by atoms with van der Waals surface area (Å²) < 4.78 is 38.2. The zero-order valence-electron chi connectivity index (χ0n) is 16.6. The summed E-state index contributed by atoms with van der Waals surface area (Å²) in [5.41, 5.74) is 2.64. The van der Waals surface area contributed by atoms with Gasteiger partial charge in [-0.1, -0.05) is 43.0 Å². The molecule has 0 aliphatic rings. The third-order valence-corrected chi connectivity index (χ3v) is 4.81. The summed E-state index contributed by atoms with van der Waals surface area (Å²) in [7, 11) is 0. The van der Waals surface area contributed by atoms with Crippen molar-refractivity contribution in [2.24, 2.45) is 0 Å². The number of aliphatic hydroxyl groups is 1. The molecule has 0 saturated heterocycles. The minimum Gasteiger partial charge on any atom is -0.392 e. The lowest BCUT2D eigenvalue weighted by Crippen LogP contribution is -2.31. The molecule has 0 atom stereocenters. The van der Waals surface area contributed by atoms with E-state index in [1.54, 1.807) is 12.1 Å². The second-order valence-corrected chi connectivity index (χ2v) is 6.90. The first-order valence-electron chi connectivity index (χ1n) is 9.58. The molecule has 31 heavy (non-hydrogen) atoms. The summed E-state index contributed by atoms with van der Waals surface area (Å²) in [5, 5.41) is 9.28. The van der Waals surface area contributed by atoms with E-state index in [4.69, 9.17) is 0 Å². The predicted octanol–water partition coefficient (Wildman–Crippen LogP) is 5.02. The van der Waals surface area contributed by atoms with Gasteiger partial charge < -0.3 is 10.0 Å². The Kier molecular flexibility index (Phi) is 6.87. The Balaban J connectivity index is 1.77. The van der Waals surface area contributed by atoms with Gasteiger partial charge in [-0.05, 0) is 47.9 Å². The van der Waals surface area contributed by atoms with Crippen LogP contribution in [0.5, 0.6) is 0 Å². The van der Waals surface area contributed by atoms with E-state index in [1.807, 2.05) is 24.3 Å². The Bertz CT molecular complexity index is 1050. The van der Waals surface area contributed by atoms with E-state index in [-0.39, 0.29) is 12.5 Å². The third-order valence-electron chi connectivity index (χ3n) is 4.81. The highest BCUT2D eigenvalue weighted by molar-refractivity contribution is 6.01. The first-order valence-corrected chi connectivity index (χ1v) is 9.58. The van der Waals surface area contributed by atoms with Crippen LogP contribution in [0.4, 0.5) is 18.9 Å². The topological polar surface area (TPSA) is 53.4 Å². The molecule has 3 rings (SSSR count). The van der Waals surface area contributed by atoms with Gasteiger partial charge in [0.2, 0.25) is 5.91 Å². The second kappa shape index (κ2) is 9.57. The van der Waals surface area contributed by atoms with Gasteiger partial charge in [-0.15, -0.1) is 0 Å². The molecule has 1 aromatic heterocycles. The summed E-state index contributed by atoms with van der Waals surface area (Å²) in [6.07, 6.45) is -1.10. The number of hydrogen-bond donors (Lipinski definition) is 1. The van der Waals surface area contributed by atoms with Gasteiger partial charge in [-0.25, -0.2) is 0 Å². The molecule has 0 aliphatic carbocycles. The highest BCUT2D eigenvalue weighted by atomic mass is 19.4. The van der Waals surface area contributed by atoms with E-state index < -0.39 is 11.7 Å². The van der Waals surface area contributed by atoms with Gasteiger partial charge in [0, 0.05) is 12.1 Å².